The summed E-state index contributed by atoms with van der Waals surface area (Å²) < 4.78 is 6.85. The molecule has 0 spiro atoms. The van der Waals surface area contributed by atoms with Crippen molar-refractivity contribution in [2.45, 2.75) is 40.2 Å². The summed E-state index contributed by atoms with van der Waals surface area (Å²) >= 11 is 0. The summed E-state index contributed by atoms with van der Waals surface area (Å²) in [5.41, 5.74) is 9.62. The molecule has 1 aliphatic heterocycles. The molecule has 0 amide bonds. The second-order valence-corrected chi connectivity index (χ2v) is 7.70. The van der Waals surface area contributed by atoms with Crippen LogP contribution in [0.2, 0.25) is 0 Å². The summed E-state index contributed by atoms with van der Waals surface area (Å²) in [4.78, 5) is 9.38. The van der Waals surface area contributed by atoms with E-state index in [1.165, 1.54) is 39.1 Å². The predicted molar refractivity (Wildman–Crippen MR) is 97.7 cm³/mol. The van der Waals surface area contributed by atoms with Crippen molar-refractivity contribution in [1.82, 2.24) is 18.9 Å². The molecule has 0 atom stereocenters. The van der Waals surface area contributed by atoms with Gasteiger partial charge in [-0.3, -0.25) is 8.97 Å². The first-order valence-electron chi connectivity index (χ1n) is 8.68. The van der Waals surface area contributed by atoms with Crippen LogP contribution in [-0.4, -0.2) is 18.9 Å². The average molecular weight is 332 g/mol. The van der Waals surface area contributed by atoms with Crippen molar-refractivity contribution < 1.29 is 4.57 Å². The average Bonchev–Trinajstić information content (AvgIpc) is 3.02. The lowest BCUT2D eigenvalue weighted by molar-refractivity contribution is -0.664. The molecule has 25 heavy (non-hydrogen) atoms. The van der Waals surface area contributed by atoms with Crippen molar-refractivity contribution in [2.75, 3.05) is 0 Å². The summed E-state index contributed by atoms with van der Waals surface area (Å²) in [6.07, 6.45) is 3.90. The molecule has 0 bridgehead atoms. The Labute approximate surface area is 146 Å². The minimum atomic E-state index is -0.227. The fourth-order valence-corrected chi connectivity index (χ4v) is 4.44. The Kier molecular flexibility index (Phi) is 2.51. The largest absolute Gasteiger partial charge is 0.299 e. The molecule has 0 unspecified atom stereocenters. The molecule has 0 aliphatic carbocycles. The molecule has 0 fully saturated rings. The van der Waals surface area contributed by atoms with Crippen LogP contribution in [0.3, 0.4) is 0 Å². The molecule has 0 saturated heterocycles. The number of aromatic nitrogens is 5. The maximum atomic E-state index is 4.92. The Hall–Kier alpha value is -2.69. The van der Waals surface area contributed by atoms with Gasteiger partial charge < -0.3 is 0 Å². The zero-order valence-electron chi connectivity index (χ0n) is 15.5. The second kappa shape index (κ2) is 4.28. The van der Waals surface area contributed by atoms with E-state index >= 15 is 0 Å². The Bertz CT molecular complexity index is 1210. The van der Waals surface area contributed by atoms with Crippen LogP contribution in [0, 0.1) is 20.8 Å². The molecule has 3 aromatic heterocycles. The van der Waals surface area contributed by atoms with Crippen LogP contribution >= 0.6 is 0 Å². The van der Waals surface area contributed by atoms with Crippen molar-refractivity contribution in [2.24, 2.45) is 7.05 Å². The zero-order valence-corrected chi connectivity index (χ0v) is 15.5. The molecule has 0 N–H and O–H groups in total. The van der Waals surface area contributed by atoms with Crippen LogP contribution in [0.1, 0.15) is 36.4 Å². The highest BCUT2D eigenvalue weighted by atomic mass is 15.3. The van der Waals surface area contributed by atoms with Crippen molar-refractivity contribution in [3.63, 3.8) is 0 Å². The summed E-state index contributed by atoms with van der Waals surface area (Å²) in [5.74, 6) is 1.01. The highest BCUT2D eigenvalue weighted by molar-refractivity contribution is 5.98. The third-order valence-corrected chi connectivity index (χ3v) is 5.86. The van der Waals surface area contributed by atoms with E-state index in [1.807, 2.05) is 12.5 Å². The molecule has 1 aromatic carbocycles. The number of nitrogens with zero attached hydrogens (tertiary/aromatic N) is 5. The van der Waals surface area contributed by atoms with Gasteiger partial charge in [-0.25, -0.2) is 9.55 Å². The minimum Gasteiger partial charge on any atom is -0.299 e. The van der Waals surface area contributed by atoms with Crippen LogP contribution in [0.4, 0.5) is 0 Å². The lowest BCUT2D eigenvalue weighted by Gasteiger charge is -2.33. The monoisotopic (exact) mass is 332 g/mol. The van der Waals surface area contributed by atoms with E-state index in [-0.39, 0.29) is 5.54 Å². The van der Waals surface area contributed by atoms with Crippen molar-refractivity contribution >= 4 is 16.8 Å². The van der Waals surface area contributed by atoms with E-state index in [9.17, 15) is 0 Å². The zero-order chi connectivity index (χ0) is 17.7. The van der Waals surface area contributed by atoms with E-state index in [1.54, 1.807) is 0 Å². The minimum absolute atomic E-state index is 0.227. The molecule has 0 saturated carbocycles. The fourth-order valence-electron chi connectivity index (χ4n) is 4.44. The SMILES string of the molecule is Cc1ccc2c3c1-c1c(cnc[n+]1C)C(C)(C)n3c1nc(C)c(C)n21. The smallest absolute Gasteiger partial charge is 0.286 e. The lowest BCUT2D eigenvalue weighted by atomic mass is 9.85. The Balaban J connectivity index is 2.15. The van der Waals surface area contributed by atoms with Crippen LogP contribution in [0.5, 0.6) is 0 Å². The lowest BCUT2D eigenvalue weighted by Crippen LogP contribution is -2.41. The van der Waals surface area contributed by atoms with E-state index in [2.05, 4.69) is 72.3 Å². The first kappa shape index (κ1) is 14.6. The number of imidazole rings is 2. The van der Waals surface area contributed by atoms with E-state index in [4.69, 9.17) is 4.98 Å². The Morgan fingerprint density at radius 1 is 1.12 bits per heavy atom. The number of rotatable bonds is 0. The van der Waals surface area contributed by atoms with Gasteiger partial charge in [-0.1, -0.05) is 11.1 Å². The summed E-state index contributed by atoms with van der Waals surface area (Å²) in [6, 6.07) is 4.45. The second-order valence-electron chi connectivity index (χ2n) is 7.70. The number of hydrogen-bond acceptors (Lipinski definition) is 2. The number of fused-ring (bicyclic) bond motifs is 5. The van der Waals surface area contributed by atoms with Crippen molar-refractivity contribution in [1.29, 1.82) is 0 Å². The van der Waals surface area contributed by atoms with Crippen molar-refractivity contribution in [3.8, 4) is 11.3 Å². The third-order valence-electron chi connectivity index (χ3n) is 5.86. The van der Waals surface area contributed by atoms with Gasteiger partial charge in [-0.15, -0.1) is 0 Å². The first-order chi connectivity index (χ1) is 11.8. The van der Waals surface area contributed by atoms with Gasteiger partial charge in [0.1, 0.15) is 11.9 Å². The molecule has 126 valence electrons. The predicted octanol–water partition coefficient (Wildman–Crippen LogP) is 3.20. The van der Waals surface area contributed by atoms with Crippen LogP contribution in [-0.2, 0) is 12.6 Å². The van der Waals surface area contributed by atoms with Crippen LogP contribution in [0.15, 0.2) is 24.7 Å². The summed E-state index contributed by atoms with van der Waals surface area (Å²) in [7, 11) is 2.08. The molecule has 0 radical (unpaired) electrons. The number of benzene rings is 1. The summed E-state index contributed by atoms with van der Waals surface area (Å²) in [5, 5.41) is 0. The molecule has 4 aromatic rings. The Morgan fingerprint density at radius 2 is 1.88 bits per heavy atom. The van der Waals surface area contributed by atoms with E-state index in [0.29, 0.717) is 0 Å². The highest BCUT2D eigenvalue weighted by Gasteiger charge is 2.40. The molecule has 4 heterocycles. The van der Waals surface area contributed by atoms with Gasteiger partial charge in [-0.05, 0) is 46.2 Å². The first-order valence-corrected chi connectivity index (χ1v) is 8.68. The standard InChI is InChI=1S/C20H22N5/c1-11-7-8-15-18-16(11)17-14(9-21-10-23(17)6)20(4,5)25(18)19-22-12(2)13(3)24(15)19/h7-10H,1-6H3/q+1. The normalized spacial score (nSPS) is 15.1. The van der Waals surface area contributed by atoms with Crippen LogP contribution < -0.4 is 4.57 Å². The maximum absolute atomic E-state index is 4.92. The van der Waals surface area contributed by atoms with Crippen LogP contribution in [0.25, 0.3) is 28.1 Å². The van der Waals surface area contributed by atoms with Gasteiger partial charge in [0.05, 0.1) is 40.4 Å². The maximum Gasteiger partial charge on any atom is 0.286 e. The third kappa shape index (κ3) is 1.52. The van der Waals surface area contributed by atoms with Gasteiger partial charge in [0.25, 0.3) is 6.33 Å². The topological polar surface area (TPSA) is 39.0 Å². The number of hydrogen-bond donors (Lipinski definition) is 0. The molecule has 5 rings (SSSR count). The van der Waals surface area contributed by atoms with Gasteiger partial charge in [0.15, 0.2) is 0 Å². The van der Waals surface area contributed by atoms with E-state index in [0.717, 1.165) is 11.5 Å². The molecule has 5 heteroatoms. The molecular weight excluding hydrogens is 310 g/mol. The Morgan fingerprint density at radius 3 is 2.64 bits per heavy atom. The summed E-state index contributed by atoms with van der Waals surface area (Å²) in [6.45, 7) is 10.9. The van der Waals surface area contributed by atoms with Gasteiger partial charge in [-0.2, -0.15) is 0 Å². The highest BCUT2D eigenvalue weighted by Crippen LogP contribution is 2.45. The molecule has 1 aliphatic rings. The van der Waals surface area contributed by atoms with Crippen molar-refractivity contribution in [3.05, 3.63) is 47.2 Å². The quantitative estimate of drug-likeness (QED) is 0.464. The van der Waals surface area contributed by atoms with E-state index < -0.39 is 0 Å². The fraction of sp³-hybridized carbons (Fsp3) is 0.350. The molecule has 5 nitrogen and oxygen atoms in total. The van der Waals surface area contributed by atoms with Gasteiger partial charge >= 0.3 is 0 Å². The van der Waals surface area contributed by atoms with Gasteiger partial charge in [0, 0.05) is 5.69 Å². The molecular formula is C20H22N5+. The van der Waals surface area contributed by atoms with Gasteiger partial charge in [0.2, 0.25) is 5.78 Å². The number of aryl methyl sites for hydroxylation is 4.